The number of hydrogen-bond acceptors (Lipinski definition) is 0. The van der Waals surface area contributed by atoms with Crippen LogP contribution in [0.5, 0.6) is 0 Å². The highest BCUT2D eigenvalue weighted by Crippen LogP contribution is 2.23. The first kappa shape index (κ1) is 10.9. The summed E-state index contributed by atoms with van der Waals surface area (Å²) in [4.78, 5) is 0. The molecule has 0 radical (unpaired) electrons. The van der Waals surface area contributed by atoms with Crippen LogP contribution in [0, 0.1) is 37.0 Å². The molecule has 0 aromatic rings. The molecule has 0 aliphatic rings. The molecule has 0 aromatic heterocycles. The lowest BCUT2D eigenvalue weighted by atomic mass is 10.8. The van der Waals surface area contributed by atoms with Gasteiger partial charge in [-0.05, 0) is 0 Å². The Hall–Kier alpha value is -1.10. The summed E-state index contributed by atoms with van der Waals surface area (Å²) in [5.41, 5.74) is 0. The SMILES string of the molecule is C#CC[Si](CC)(CC#C)CC#C. The minimum absolute atomic E-state index is 0.817. The van der Waals surface area contributed by atoms with Gasteiger partial charge in [-0.25, -0.2) is 0 Å². The molecule has 0 spiro atoms. The van der Waals surface area contributed by atoms with Crippen LogP contribution in [-0.4, -0.2) is 8.07 Å². The van der Waals surface area contributed by atoms with Gasteiger partial charge in [-0.2, -0.15) is 0 Å². The van der Waals surface area contributed by atoms with E-state index in [1.807, 2.05) is 0 Å². The highest BCUT2D eigenvalue weighted by molar-refractivity contribution is 6.81. The van der Waals surface area contributed by atoms with Crippen LogP contribution in [0.25, 0.3) is 0 Å². The van der Waals surface area contributed by atoms with Crippen LogP contribution in [0.2, 0.25) is 24.2 Å². The van der Waals surface area contributed by atoms with E-state index in [1.165, 1.54) is 0 Å². The molecule has 0 heterocycles. The minimum Gasteiger partial charge on any atom is -0.120 e. The molecule has 0 aliphatic carbocycles. The van der Waals surface area contributed by atoms with Crippen molar-refractivity contribution in [2.45, 2.75) is 31.1 Å². The first-order valence-corrected chi connectivity index (χ1v) is 6.88. The van der Waals surface area contributed by atoms with Crippen molar-refractivity contribution in [1.82, 2.24) is 0 Å². The Kier molecular flexibility index (Phi) is 5.03. The molecule has 0 nitrogen and oxygen atoms in total. The van der Waals surface area contributed by atoms with Crippen LogP contribution in [0.4, 0.5) is 0 Å². The van der Waals surface area contributed by atoms with Gasteiger partial charge in [0.1, 0.15) is 0 Å². The fourth-order valence-corrected chi connectivity index (χ4v) is 3.64. The lowest BCUT2D eigenvalue weighted by molar-refractivity contribution is 1.26. The molecule has 12 heavy (non-hydrogen) atoms. The summed E-state index contributed by atoms with van der Waals surface area (Å²) in [5, 5.41) is 0. The van der Waals surface area contributed by atoms with Crippen LogP contribution in [0.3, 0.4) is 0 Å². The third kappa shape index (κ3) is 2.87. The van der Waals surface area contributed by atoms with Crippen molar-refractivity contribution in [3.05, 3.63) is 0 Å². The van der Waals surface area contributed by atoms with Gasteiger partial charge < -0.3 is 0 Å². The molecule has 0 bridgehead atoms. The molecule has 0 N–H and O–H groups in total. The summed E-state index contributed by atoms with van der Waals surface area (Å²) in [7, 11) is -1.48. The number of hydrogen-bond donors (Lipinski definition) is 0. The molecule has 0 saturated heterocycles. The van der Waals surface area contributed by atoms with E-state index in [0.717, 1.165) is 24.2 Å². The summed E-state index contributed by atoms with van der Waals surface area (Å²) < 4.78 is 0. The minimum atomic E-state index is -1.48. The molecule has 0 aliphatic heterocycles. The van der Waals surface area contributed by atoms with E-state index < -0.39 is 8.07 Å². The Labute approximate surface area is 76.8 Å². The topological polar surface area (TPSA) is 0 Å². The quantitative estimate of drug-likeness (QED) is 0.453. The second-order valence-electron chi connectivity index (χ2n) is 3.00. The molecule has 0 aromatic carbocycles. The van der Waals surface area contributed by atoms with E-state index in [9.17, 15) is 0 Å². The van der Waals surface area contributed by atoms with E-state index >= 15 is 0 Å². The summed E-state index contributed by atoms with van der Waals surface area (Å²) >= 11 is 0. The fourth-order valence-electron chi connectivity index (χ4n) is 1.21. The maximum Gasteiger partial charge on any atom is 0.0907 e. The van der Waals surface area contributed by atoms with Gasteiger partial charge >= 0.3 is 0 Å². The zero-order valence-corrected chi connectivity index (χ0v) is 8.56. The molecule has 0 fully saturated rings. The van der Waals surface area contributed by atoms with Crippen LogP contribution in [0.1, 0.15) is 6.92 Å². The molecule has 1 heteroatoms. The average molecular weight is 174 g/mol. The molecule has 62 valence electrons. The van der Waals surface area contributed by atoms with Gasteiger partial charge in [0.25, 0.3) is 0 Å². The Balaban J connectivity index is 4.45. The first-order chi connectivity index (χ1) is 5.74. The predicted molar refractivity (Wildman–Crippen MR) is 57.2 cm³/mol. The van der Waals surface area contributed by atoms with Gasteiger partial charge in [-0.1, -0.05) is 13.0 Å². The zero-order chi connectivity index (χ0) is 9.45. The second-order valence-corrected chi connectivity index (χ2v) is 7.76. The molecule has 0 amide bonds. The van der Waals surface area contributed by atoms with Crippen LogP contribution in [0.15, 0.2) is 0 Å². The first-order valence-electron chi connectivity index (χ1n) is 4.05. The lowest BCUT2D eigenvalue weighted by Gasteiger charge is -2.23. The van der Waals surface area contributed by atoms with Gasteiger partial charge in [0.05, 0.1) is 8.07 Å². The second kappa shape index (κ2) is 5.53. The normalized spacial score (nSPS) is 9.50. The van der Waals surface area contributed by atoms with Gasteiger partial charge in [-0.3, -0.25) is 0 Å². The van der Waals surface area contributed by atoms with E-state index in [0.29, 0.717) is 0 Å². The standard InChI is InChI=1S/C11H14Si/c1-5-9-12(8-4,10-6-2)11-7-3/h1-3H,8-11H2,4H3. The molecule has 0 atom stereocenters. The molecular weight excluding hydrogens is 160 g/mol. The maximum absolute atomic E-state index is 5.30. The van der Waals surface area contributed by atoms with Crippen molar-refractivity contribution >= 4 is 8.07 Å². The Morgan fingerprint density at radius 1 is 0.917 bits per heavy atom. The predicted octanol–water partition coefficient (Wildman–Crippen LogP) is 2.35. The van der Waals surface area contributed by atoms with Crippen LogP contribution in [-0.2, 0) is 0 Å². The smallest absolute Gasteiger partial charge is 0.0907 e. The molecular formula is C11H14Si. The van der Waals surface area contributed by atoms with Crippen molar-refractivity contribution in [2.24, 2.45) is 0 Å². The van der Waals surface area contributed by atoms with Gasteiger partial charge in [-0.15, -0.1) is 37.0 Å². The summed E-state index contributed by atoms with van der Waals surface area (Å²) in [6.45, 7) is 2.14. The summed E-state index contributed by atoms with van der Waals surface area (Å²) in [5.74, 6) is 8.10. The number of rotatable bonds is 4. The third-order valence-electron chi connectivity index (χ3n) is 2.18. The van der Waals surface area contributed by atoms with Crippen LogP contribution < -0.4 is 0 Å². The Bertz CT molecular complexity index is 203. The van der Waals surface area contributed by atoms with Crippen molar-refractivity contribution < 1.29 is 0 Å². The molecule has 0 rings (SSSR count). The largest absolute Gasteiger partial charge is 0.120 e. The zero-order valence-electron chi connectivity index (χ0n) is 7.56. The van der Waals surface area contributed by atoms with E-state index in [4.69, 9.17) is 19.3 Å². The maximum atomic E-state index is 5.30. The van der Waals surface area contributed by atoms with Crippen molar-refractivity contribution in [3.8, 4) is 37.0 Å². The molecule has 0 unspecified atom stereocenters. The number of terminal acetylenes is 3. The van der Waals surface area contributed by atoms with Gasteiger partial charge in [0.2, 0.25) is 0 Å². The lowest BCUT2D eigenvalue weighted by Crippen LogP contribution is -2.31. The van der Waals surface area contributed by atoms with Crippen molar-refractivity contribution in [1.29, 1.82) is 0 Å². The van der Waals surface area contributed by atoms with E-state index in [1.54, 1.807) is 0 Å². The van der Waals surface area contributed by atoms with Crippen molar-refractivity contribution in [2.75, 3.05) is 0 Å². The van der Waals surface area contributed by atoms with Crippen molar-refractivity contribution in [3.63, 3.8) is 0 Å². The van der Waals surface area contributed by atoms with E-state index in [-0.39, 0.29) is 0 Å². The Morgan fingerprint density at radius 3 is 1.42 bits per heavy atom. The highest BCUT2D eigenvalue weighted by atomic mass is 28.3. The summed E-state index contributed by atoms with van der Waals surface area (Å²) in [6.07, 6.45) is 15.9. The average Bonchev–Trinajstić information content (AvgIpc) is 2.06. The monoisotopic (exact) mass is 174 g/mol. The summed E-state index contributed by atoms with van der Waals surface area (Å²) in [6, 6.07) is 3.54. The third-order valence-corrected chi connectivity index (χ3v) is 6.54. The van der Waals surface area contributed by atoms with Crippen LogP contribution >= 0.6 is 0 Å². The Morgan fingerprint density at radius 2 is 1.25 bits per heavy atom. The van der Waals surface area contributed by atoms with Gasteiger partial charge in [0.15, 0.2) is 0 Å². The van der Waals surface area contributed by atoms with E-state index in [2.05, 4.69) is 24.7 Å². The van der Waals surface area contributed by atoms with Gasteiger partial charge in [0, 0.05) is 18.1 Å². The molecule has 0 saturated carbocycles. The fraction of sp³-hybridized carbons (Fsp3) is 0.455. The highest BCUT2D eigenvalue weighted by Gasteiger charge is 2.27.